The first-order valence-corrected chi connectivity index (χ1v) is 11.3. The van der Waals surface area contributed by atoms with Crippen molar-refractivity contribution in [3.8, 4) is 0 Å². The molecule has 1 saturated carbocycles. The minimum absolute atomic E-state index is 0.378. The van der Waals surface area contributed by atoms with Crippen LogP contribution in [0.1, 0.15) is 108 Å². The van der Waals surface area contributed by atoms with E-state index in [1.807, 2.05) is 0 Å². The van der Waals surface area contributed by atoms with Gasteiger partial charge < -0.3 is 5.32 Å². The zero-order valence-corrected chi connectivity index (χ0v) is 19.9. The summed E-state index contributed by atoms with van der Waals surface area (Å²) in [5.41, 5.74) is 1.65. The number of rotatable bonds is 3. The molecule has 0 bridgehead atoms. The molecule has 154 valence electrons. The standard InChI is InChI=1S/C25H49N/c1-22(2,3)18-14-17(19(15-18)23(4,5)6)16-25(10,11)21-13-12-20(26-21)24(7,8)9/h17-21,26H,12-16H2,1-11H3. The minimum atomic E-state index is 0.378. The molecule has 1 aliphatic carbocycles. The van der Waals surface area contributed by atoms with E-state index in [0.717, 1.165) is 17.8 Å². The van der Waals surface area contributed by atoms with Crippen molar-refractivity contribution >= 4 is 0 Å². The largest absolute Gasteiger partial charge is 0.310 e. The van der Waals surface area contributed by atoms with Crippen molar-refractivity contribution in [3.05, 3.63) is 0 Å². The van der Waals surface area contributed by atoms with Crippen LogP contribution in [-0.2, 0) is 0 Å². The fourth-order valence-corrected chi connectivity index (χ4v) is 5.98. The molecule has 1 saturated heterocycles. The first kappa shape index (κ1) is 22.3. The van der Waals surface area contributed by atoms with E-state index in [2.05, 4.69) is 81.5 Å². The summed E-state index contributed by atoms with van der Waals surface area (Å²) in [6.07, 6.45) is 6.94. The van der Waals surface area contributed by atoms with Gasteiger partial charge in [0.15, 0.2) is 0 Å². The van der Waals surface area contributed by atoms with E-state index >= 15 is 0 Å². The highest BCUT2D eigenvalue weighted by atomic mass is 15.0. The summed E-state index contributed by atoms with van der Waals surface area (Å²) in [6.45, 7) is 27.1. The van der Waals surface area contributed by atoms with Gasteiger partial charge in [-0.3, -0.25) is 0 Å². The first-order chi connectivity index (χ1) is 11.5. The summed E-state index contributed by atoms with van der Waals surface area (Å²) in [5.74, 6) is 2.63. The van der Waals surface area contributed by atoms with Crippen molar-refractivity contribution in [1.82, 2.24) is 5.32 Å². The average Bonchev–Trinajstić information content (AvgIpc) is 3.01. The monoisotopic (exact) mass is 363 g/mol. The van der Waals surface area contributed by atoms with E-state index in [-0.39, 0.29) is 0 Å². The Bertz CT molecular complexity index is 468. The molecule has 2 rings (SSSR count). The molecule has 1 N–H and O–H groups in total. The molecule has 0 amide bonds. The summed E-state index contributed by atoms with van der Waals surface area (Å²) >= 11 is 0. The molecule has 5 atom stereocenters. The highest BCUT2D eigenvalue weighted by Gasteiger charge is 2.48. The van der Waals surface area contributed by atoms with Crippen LogP contribution in [0.25, 0.3) is 0 Å². The van der Waals surface area contributed by atoms with Crippen LogP contribution in [0.15, 0.2) is 0 Å². The van der Waals surface area contributed by atoms with Crippen LogP contribution >= 0.6 is 0 Å². The molecule has 5 unspecified atom stereocenters. The molecule has 1 nitrogen and oxygen atoms in total. The van der Waals surface area contributed by atoms with Crippen molar-refractivity contribution < 1.29 is 0 Å². The molecule has 1 heteroatoms. The predicted molar refractivity (Wildman–Crippen MR) is 116 cm³/mol. The Hall–Kier alpha value is -0.0400. The summed E-state index contributed by atoms with van der Waals surface area (Å²) in [6, 6.07) is 1.36. The van der Waals surface area contributed by atoms with Crippen LogP contribution in [0.3, 0.4) is 0 Å². The molecule has 0 radical (unpaired) electrons. The Kier molecular flexibility index (Phi) is 6.07. The molecule has 1 heterocycles. The van der Waals surface area contributed by atoms with Crippen molar-refractivity contribution in [2.24, 2.45) is 39.4 Å². The SMILES string of the molecule is CC(C)(C)C1CC(CC(C)(C)C2CCC(C(C)(C)C)N2)C(C(C)(C)C)C1. The van der Waals surface area contributed by atoms with E-state index in [1.54, 1.807) is 0 Å². The number of nitrogens with one attached hydrogen (secondary N) is 1. The second-order valence-corrected chi connectivity index (χ2v) is 13.7. The summed E-state index contributed by atoms with van der Waals surface area (Å²) in [5, 5.41) is 4.04. The Morgan fingerprint density at radius 3 is 1.62 bits per heavy atom. The topological polar surface area (TPSA) is 12.0 Å². The maximum atomic E-state index is 4.04. The van der Waals surface area contributed by atoms with Crippen LogP contribution in [-0.4, -0.2) is 12.1 Å². The van der Waals surface area contributed by atoms with Crippen LogP contribution in [0.5, 0.6) is 0 Å². The fraction of sp³-hybridized carbons (Fsp3) is 1.00. The quantitative estimate of drug-likeness (QED) is 0.554. The Balaban J connectivity index is 2.11. The molecular weight excluding hydrogens is 314 g/mol. The van der Waals surface area contributed by atoms with Crippen LogP contribution in [0.2, 0.25) is 0 Å². The molecule has 0 aromatic carbocycles. The van der Waals surface area contributed by atoms with E-state index in [4.69, 9.17) is 0 Å². The van der Waals surface area contributed by atoms with Crippen LogP contribution < -0.4 is 5.32 Å². The van der Waals surface area contributed by atoms with Gasteiger partial charge in [-0.05, 0) is 71.5 Å². The van der Waals surface area contributed by atoms with E-state index in [9.17, 15) is 0 Å². The maximum Gasteiger partial charge on any atom is 0.0122 e. The van der Waals surface area contributed by atoms with Gasteiger partial charge in [-0.1, -0.05) is 76.2 Å². The molecule has 0 aromatic heterocycles. The molecular formula is C25H49N. The van der Waals surface area contributed by atoms with Gasteiger partial charge in [0, 0.05) is 12.1 Å². The second-order valence-electron chi connectivity index (χ2n) is 13.7. The van der Waals surface area contributed by atoms with Crippen molar-refractivity contribution in [3.63, 3.8) is 0 Å². The van der Waals surface area contributed by atoms with Gasteiger partial charge in [-0.2, -0.15) is 0 Å². The average molecular weight is 364 g/mol. The molecule has 1 aliphatic heterocycles. The number of hydrogen-bond acceptors (Lipinski definition) is 1. The third kappa shape index (κ3) is 5.06. The van der Waals surface area contributed by atoms with Gasteiger partial charge in [0.05, 0.1) is 0 Å². The van der Waals surface area contributed by atoms with Crippen molar-refractivity contribution in [2.75, 3.05) is 0 Å². The fourth-order valence-electron chi connectivity index (χ4n) is 5.98. The third-order valence-electron chi connectivity index (χ3n) is 7.96. The van der Waals surface area contributed by atoms with Gasteiger partial charge >= 0.3 is 0 Å². The van der Waals surface area contributed by atoms with Crippen LogP contribution in [0, 0.1) is 39.4 Å². The summed E-state index contributed by atoms with van der Waals surface area (Å²) in [4.78, 5) is 0. The lowest BCUT2D eigenvalue weighted by Crippen LogP contribution is -2.45. The lowest BCUT2D eigenvalue weighted by molar-refractivity contribution is 0.116. The first-order valence-electron chi connectivity index (χ1n) is 11.3. The van der Waals surface area contributed by atoms with Crippen molar-refractivity contribution in [2.45, 2.75) is 120 Å². The predicted octanol–water partition coefficient (Wildman–Crippen LogP) is 7.30. The molecule has 26 heavy (non-hydrogen) atoms. The normalized spacial score (nSPS) is 34.5. The summed E-state index contributed by atoms with van der Waals surface area (Å²) in [7, 11) is 0. The molecule has 2 aliphatic rings. The zero-order valence-electron chi connectivity index (χ0n) is 19.9. The Morgan fingerprint density at radius 2 is 1.19 bits per heavy atom. The highest BCUT2D eigenvalue weighted by Crippen LogP contribution is 2.55. The zero-order chi connectivity index (χ0) is 20.1. The number of hydrogen-bond donors (Lipinski definition) is 1. The minimum Gasteiger partial charge on any atom is -0.310 e. The summed E-state index contributed by atoms with van der Waals surface area (Å²) < 4.78 is 0. The van der Waals surface area contributed by atoms with Crippen molar-refractivity contribution in [1.29, 1.82) is 0 Å². The van der Waals surface area contributed by atoms with Gasteiger partial charge in [0.1, 0.15) is 0 Å². The third-order valence-corrected chi connectivity index (χ3v) is 7.96. The Labute approximate surface area is 165 Å². The van der Waals surface area contributed by atoms with Gasteiger partial charge in [-0.15, -0.1) is 0 Å². The van der Waals surface area contributed by atoms with E-state index < -0.39 is 0 Å². The Morgan fingerprint density at radius 1 is 0.654 bits per heavy atom. The van der Waals surface area contributed by atoms with E-state index in [0.29, 0.717) is 33.7 Å². The van der Waals surface area contributed by atoms with Gasteiger partial charge in [-0.25, -0.2) is 0 Å². The second kappa shape index (κ2) is 7.09. The smallest absolute Gasteiger partial charge is 0.0122 e. The maximum absolute atomic E-state index is 4.04. The van der Waals surface area contributed by atoms with E-state index in [1.165, 1.54) is 32.1 Å². The highest BCUT2D eigenvalue weighted by molar-refractivity contribution is 5.00. The van der Waals surface area contributed by atoms with Crippen LogP contribution in [0.4, 0.5) is 0 Å². The lowest BCUT2D eigenvalue weighted by Gasteiger charge is -2.40. The molecule has 0 spiro atoms. The molecule has 0 aromatic rings. The lowest BCUT2D eigenvalue weighted by atomic mass is 9.68. The van der Waals surface area contributed by atoms with Gasteiger partial charge in [0.2, 0.25) is 0 Å². The molecule has 2 fully saturated rings. The van der Waals surface area contributed by atoms with Gasteiger partial charge in [0.25, 0.3) is 0 Å².